The number of pyridine rings is 1. The maximum Gasteiger partial charge on any atom is 0.338 e. The summed E-state index contributed by atoms with van der Waals surface area (Å²) < 4.78 is 5.02. The third-order valence-electron chi connectivity index (χ3n) is 4.14. The number of esters is 1. The second-order valence-electron chi connectivity index (χ2n) is 5.72. The van der Waals surface area contributed by atoms with Gasteiger partial charge in [-0.3, -0.25) is 0 Å². The molecule has 0 fully saturated rings. The number of fused-ring (bicyclic) bond motifs is 2. The van der Waals surface area contributed by atoms with Gasteiger partial charge in [0.15, 0.2) is 5.88 Å². The number of ether oxygens (including phenoxy) is 1. The fourth-order valence-corrected chi connectivity index (χ4v) is 2.99. The molecular formula is C20H16N2O3. The maximum atomic E-state index is 11.9. The summed E-state index contributed by atoms with van der Waals surface area (Å²) in [7, 11) is 0. The molecule has 124 valence electrons. The van der Waals surface area contributed by atoms with Gasteiger partial charge in [0.05, 0.1) is 28.9 Å². The molecule has 2 aromatic carbocycles. The van der Waals surface area contributed by atoms with Crippen LogP contribution >= 0.6 is 0 Å². The van der Waals surface area contributed by atoms with Crippen LogP contribution in [-0.2, 0) is 4.74 Å². The smallest absolute Gasteiger partial charge is 0.338 e. The van der Waals surface area contributed by atoms with E-state index in [9.17, 15) is 9.90 Å². The highest BCUT2D eigenvalue weighted by atomic mass is 16.5. The molecule has 4 aromatic rings. The zero-order valence-electron chi connectivity index (χ0n) is 13.6. The number of carbonyl (C=O) groups excluding carboxylic acids is 1. The van der Waals surface area contributed by atoms with Crippen LogP contribution in [0.25, 0.3) is 33.1 Å². The topological polar surface area (TPSA) is 75.2 Å². The Hall–Kier alpha value is -3.34. The molecule has 2 heterocycles. The van der Waals surface area contributed by atoms with Gasteiger partial charge in [0.2, 0.25) is 0 Å². The number of hydrogen-bond acceptors (Lipinski definition) is 4. The molecule has 25 heavy (non-hydrogen) atoms. The molecule has 0 bridgehead atoms. The number of benzene rings is 2. The van der Waals surface area contributed by atoms with Gasteiger partial charge < -0.3 is 14.8 Å². The van der Waals surface area contributed by atoms with Crippen LogP contribution in [0.3, 0.4) is 0 Å². The van der Waals surface area contributed by atoms with Gasteiger partial charge >= 0.3 is 5.97 Å². The fraction of sp³-hybridized carbons (Fsp3) is 0.100. The summed E-state index contributed by atoms with van der Waals surface area (Å²) in [5, 5.41) is 12.2. The number of aromatic hydroxyl groups is 1. The molecule has 0 radical (unpaired) electrons. The van der Waals surface area contributed by atoms with E-state index in [2.05, 4.69) is 9.97 Å². The van der Waals surface area contributed by atoms with Crippen molar-refractivity contribution >= 4 is 27.8 Å². The minimum absolute atomic E-state index is 0.0267. The Morgan fingerprint density at radius 1 is 1.16 bits per heavy atom. The molecule has 0 saturated carbocycles. The molecule has 0 spiro atoms. The summed E-state index contributed by atoms with van der Waals surface area (Å²) in [6, 6.07) is 16.8. The first-order chi connectivity index (χ1) is 12.2. The summed E-state index contributed by atoms with van der Waals surface area (Å²) in [6.45, 7) is 2.08. The first-order valence-electron chi connectivity index (χ1n) is 8.05. The number of carbonyl (C=O) groups is 1. The minimum atomic E-state index is -0.385. The largest absolute Gasteiger partial charge is 0.494 e. The van der Waals surface area contributed by atoms with Crippen LogP contribution in [0.2, 0.25) is 0 Å². The maximum absolute atomic E-state index is 11.9. The van der Waals surface area contributed by atoms with Crippen molar-refractivity contribution in [2.45, 2.75) is 6.92 Å². The third kappa shape index (κ3) is 2.59. The molecule has 0 aliphatic heterocycles. The van der Waals surface area contributed by atoms with Crippen LogP contribution in [0.4, 0.5) is 0 Å². The van der Waals surface area contributed by atoms with Crippen LogP contribution in [0.1, 0.15) is 17.3 Å². The van der Waals surface area contributed by atoms with Gasteiger partial charge in [-0.2, -0.15) is 0 Å². The highest BCUT2D eigenvalue weighted by Gasteiger charge is 2.16. The predicted octanol–water partition coefficient (Wildman–Crippen LogP) is 4.27. The summed E-state index contributed by atoms with van der Waals surface area (Å²) in [5.74, 6) is -0.359. The Kier molecular flexibility index (Phi) is 3.61. The SMILES string of the molecule is CCOC(=O)c1ccc2c(-c3ccc4ccccc4n3)c(O)[nH]c2c1. The van der Waals surface area contributed by atoms with E-state index in [1.807, 2.05) is 36.4 Å². The lowest BCUT2D eigenvalue weighted by atomic mass is 10.1. The Morgan fingerprint density at radius 3 is 2.84 bits per heavy atom. The van der Waals surface area contributed by atoms with Crippen LogP contribution < -0.4 is 0 Å². The Bertz CT molecular complexity index is 1100. The van der Waals surface area contributed by atoms with E-state index < -0.39 is 0 Å². The molecule has 0 amide bonds. The second-order valence-corrected chi connectivity index (χ2v) is 5.72. The summed E-state index contributed by atoms with van der Waals surface area (Å²) in [4.78, 5) is 19.4. The Balaban J connectivity index is 1.86. The molecule has 5 heteroatoms. The van der Waals surface area contributed by atoms with Gasteiger partial charge in [0.25, 0.3) is 0 Å². The average molecular weight is 332 g/mol. The number of nitrogens with one attached hydrogen (secondary N) is 1. The van der Waals surface area contributed by atoms with Crippen LogP contribution in [0.5, 0.6) is 5.88 Å². The minimum Gasteiger partial charge on any atom is -0.494 e. The molecule has 0 aliphatic carbocycles. The van der Waals surface area contributed by atoms with Gasteiger partial charge in [0.1, 0.15) is 0 Å². The lowest BCUT2D eigenvalue weighted by molar-refractivity contribution is 0.0526. The lowest BCUT2D eigenvalue weighted by Gasteiger charge is -2.04. The van der Waals surface area contributed by atoms with Crippen molar-refractivity contribution in [2.75, 3.05) is 6.61 Å². The van der Waals surface area contributed by atoms with E-state index in [1.54, 1.807) is 25.1 Å². The first kappa shape index (κ1) is 15.2. The zero-order chi connectivity index (χ0) is 17.4. The number of H-pyrrole nitrogens is 1. The molecule has 2 aromatic heterocycles. The van der Waals surface area contributed by atoms with Gasteiger partial charge in [0, 0.05) is 16.3 Å². The van der Waals surface area contributed by atoms with Crippen molar-refractivity contribution in [1.29, 1.82) is 0 Å². The van der Waals surface area contributed by atoms with E-state index in [0.29, 0.717) is 28.9 Å². The molecular weight excluding hydrogens is 316 g/mol. The Morgan fingerprint density at radius 2 is 2.00 bits per heavy atom. The van der Waals surface area contributed by atoms with Crippen molar-refractivity contribution in [2.24, 2.45) is 0 Å². The van der Waals surface area contributed by atoms with Crippen molar-refractivity contribution in [1.82, 2.24) is 9.97 Å². The van der Waals surface area contributed by atoms with Crippen LogP contribution in [0.15, 0.2) is 54.6 Å². The van der Waals surface area contributed by atoms with Crippen LogP contribution in [0, 0.1) is 0 Å². The van der Waals surface area contributed by atoms with E-state index >= 15 is 0 Å². The molecule has 0 saturated heterocycles. The predicted molar refractivity (Wildman–Crippen MR) is 96.7 cm³/mol. The molecule has 4 rings (SSSR count). The monoisotopic (exact) mass is 332 g/mol. The molecule has 0 aliphatic rings. The fourth-order valence-electron chi connectivity index (χ4n) is 2.99. The van der Waals surface area contributed by atoms with Gasteiger partial charge in [-0.1, -0.05) is 30.3 Å². The highest BCUT2D eigenvalue weighted by molar-refractivity contribution is 6.02. The lowest BCUT2D eigenvalue weighted by Crippen LogP contribution is -2.04. The summed E-state index contributed by atoms with van der Waals surface area (Å²) >= 11 is 0. The molecule has 0 unspecified atom stereocenters. The molecule has 2 N–H and O–H groups in total. The molecule has 0 atom stereocenters. The Labute approximate surface area is 143 Å². The van der Waals surface area contributed by atoms with E-state index in [1.165, 1.54) is 0 Å². The van der Waals surface area contributed by atoms with Crippen molar-refractivity contribution in [3.05, 3.63) is 60.2 Å². The van der Waals surface area contributed by atoms with Crippen molar-refractivity contribution in [3.8, 4) is 17.1 Å². The van der Waals surface area contributed by atoms with E-state index in [4.69, 9.17) is 4.74 Å². The number of rotatable bonds is 3. The second kappa shape index (κ2) is 5.94. The molecule has 5 nitrogen and oxygen atoms in total. The number of nitrogens with zero attached hydrogens (tertiary/aromatic N) is 1. The third-order valence-corrected chi connectivity index (χ3v) is 4.14. The van der Waals surface area contributed by atoms with Crippen molar-refractivity contribution in [3.63, 3.8) is 0 Å². The van der Waals surface area contributed by atoms with Crippen molar-refractivity contribution < 1.29 is 14.6 Å². The number of aromatic nitrogens is 2. The zero-order valence-corrected chi connectivity index (χ0v) is 13.6. The van der Waals surface area contributed by atoms with E-state index in [-0.39, 0.29) is 11.8 Å². The number of hydrogen-bond donors (Lipinski definition) is 2. The van der Waals surface area contributed by atoms with E-state index in [0.717, 1.165) is 16.3 Å². The van der Waals surface area contributed by atoms with Crippen LogP contribution in [-0.4, -0.2) is 27.7 Å². The van der Waals surface area contributed by atoms with Gasteiger partial charge in [-0.25, -0.2) is 9.78 Å². The average Bonchev–Trinajstić information content (AvgIpc) is 2.96. The summed E-state index contributed by atoms with van der Waals surface area (Å²) in [5.41, 5.74) is 3.25. The summed E-state index contributed by atoms with van der Waals surface area (Å²) in [6.07, 6.45) is 0. The van der Waals surface area contributed by atoms with Gasteiger partial charge in [-0.15, -0.1) is 0 Å². The number of para-hydroxylation sites is 1. The normalized spacial score (nSPS) is 11.1. The highest BCUT2D eigenvalue weighted by Crippen LogP contribution is 2.36. The number of aromatic amines is 1. The standard InChI is InChI=1S/C20H16N2O3/c1-2-25-20(24)13-7-9-14-17(11-13)22-19(23)18(14)16-10-8-12-5-3-4-6-15(12)21-16/h3-11,22-23H,2H2,1H3. The van der Waals surface area contributed by atoms with Gasteiger partial charge in [-0.05, 0) is 31.2 Å². The first-order valence-corrected chi connectivity index (χ1v) is 8.05. The quantitative estimate of drug-likeness (QED) is 0.550.